The van der Waals surface area contributed by atoms with Gasteiger partial charge >= 0.3 is 0 Å². The predicted molar refractivity (Wildman–Crippen MR) is 118 cm³/mol. The number of likely N-dealkylation sites (tertiary alicyclic amines) is 1. The van der Waals surface area contributed by atoms with Crippen LogP contribution in [0.1, 0.15) is 44.1 Å². The number of sulfonamides is 1. The molecule has 31 heavy (non-hydrogen) atoms. The highest BCUT2D eigenvalue weighted by atomic mass is 32.2. The van der Waals surface area contributed by atoms with Crippen LogP contribution in [0.5, 0.6) is 0 Å². The van der Waals surface area contributed by atoms with Crippen molar-refractivity contribution in [3.8, 4) is 0 Å². The Kier molecular flexibility index (Phi) is 8.85. The van der Waals surface area contributed by atoms with Crippen LogP contribution in [0.25, 0.3) is 0 Å². The fourth-order valence-corrected chi connectivity index (χ4v) is 5.52. The van der Waals surface area contributed by atoms with E-state index >= 15 is 0 Å². The number of piperidine rings is 1. The molecule has 3 atom stereocenters. The van der Waals surface area contributed by atoms with Crippen LogP contribution in [0.2, 0.25) is 0 Å². The van der Waals surface area contributed by atoms with Crippen molar-refractivity contribution in [3.63, 3.8) is 0 Å². The highest BCUT2D eigenvalue weighted by Crippen LogP contribution is 2.23. The predicted octanol–water partition coefficient (Wildman–Crippen LogP) is 1.17. The summed E-state index contributed by atoms with van der Waals surface area (Å²) < 4.78 is 33.9. The van der Waals surface area contributed by atoms with Crippen LogP contribution in [0, 0.1) is 6.92 Å². The van der Waals surface area contributed by atoms with Gasteiger partial charge in [0.15, 0.2) is 0 Å². The zero-order valence-corrected chi connectivity index (χ0v) is 19.1. The summed E-state index contributed by atoms with van der Waals surface area (Å²) in [6.45, 7) is 5.26. The second-order valence-electron chi connectivity index (χ2n) is 8.55. The first-order valence-corrected chi connectivity index (χ1v) is 12.7. The van der Waals surface area contributed by atoms with Gasteiger partial charge in [0.05, 0.1) is 36.2 Å². The number of nitrogens with one attached hydrogen (secondary N) is 2. The largest absolute Gasteiger partial charge is 0.394 e. The molecule has 1 aromatic rings. The van der Waals surface area contributed by atoms with Crippen molar-refractivity contribution in [1.82, 2.24) is 14.9 Å². The number of benzene rings is 1. The number of aryl methyl sites for hydroxylation is 1. The molecule has 0 aromatic heterocycles. The number of hydrogen-bond acceptors (Lipinski definition) is 6. The molecular formula is C22H35N3O5S. The second-order valence-corrected chi connectivity index (χ2v) is 10.3. The van der Waals surface area contributed by atoms with E-state index < -0.39 is 22.2 Å². The van der Waals surface area contributed by atoms with E-state index in [2.05, 4.69) is 14.9 Å². The van der Waals surface area contributed by atoms with Crippen LogP contribution >= 0.6 is 0 Å². The topological polar surface area (TPSA) is 108 Å². The number of rotatable bonds is 9. The van der Waals surface area contributed by atoms with Gasteiger partial charge in [-0.25, -0.2) is 13.1 Å². The molecule has 0 bridgehead atoms. The number of carbonyl (C=O) groups is 1. The van der Waals surface area contributed by atoms with Crippen LogP contribution in [-0.2, 0) is 19.6 Å². The van der Waals surface area contributed by atoms with Crippen molar-refractivity contribution < 1.29 is 23.1 Å². The molecule has 0 aliphatic carbocycles. The third-order valence-corrected chi connectivity index (χ3v) is 7.55. The summed E-state index contributed by atoms with van der Waals surface area (Å²) >= 11 is 0. The number of amides is 1. The van der Waals surface area contributed by atoms with Crippen LogP contribution < -0.4 is 10.0 Å². The van der Waals surface area contributed by atoms with Gasteiger partial charge in [0.2, 0.25) is 15.9 Å². The van der Waals surface area contributed by atoms with Gasteiger partial charge in [0.25, 0.3) is 0 Å². The lowest BCUT2D eigenvalue weighted by Crippen LogP contribution is -2.51. The minimum absolute atomic E-state index is 0.0719. The Morgan fingerprint density at radius 1 is 1.16 bits per heavy atom. The van der Waals surface area contributed by atoms with Gasteiger partial charge in [0.1, 0.15) is 0 Å². The molecule has 0 radical (unpaired) electrons. The lowest BCUT2D eigenvalue weighted by molar-refractivity contribution is -0.130. The number of aliphatic hydroxyl groups excluding tert-OH is 1. The van der Waals surface area contributed by atoms with E-state index in [1.807, 2.05) is 6.92 Å². The molecule has 3 N–H and O–H groups in total. The van der Waals surface area contributed by atoms with Gasteiger partial charge in [0, 0.05) is 13.1 Å². The summed E-state index contributed by atoms with van der Waals surface area (Å²) in [4.78, 5) is 14.8. The normalized spacial score (nSPS) is 25.3. The third-order valence-electron chi connectivity index (χ3n) is 6.05. The fourth-order valence-electron chi connectivity index (χ4n) is 4.22. The number of nitrogens with zero attached hydrogens (tertiary/aromatic N) is 1. The van der Waals surface area contributed by atoms with Crippen LogP contribution in [0.15, 0.2) is 29.2 Å². The van der Waals surface area contributed by atoms with Crippen LogP contribution in [0.4, 0.5) is 0 Å². The van der Waals surface area contributed by atoms with Crippen molar-refractivity contribution >= 4 is 15.9 Å². The first-order valence-electron chi connectivity index (χ1n) is 11.2. The zero-order chi connectivity index (χ0) is 22.3. The van der Waals surface area contributed by atoms with E-state index in [1.54, 1.807) is 24.3 Å². The van der Waals surface area contributed by atoms with Crippen molar-refractivity contribution in [2.75, 3.05) is 32.8 Å². The lowest BCUT2D eigenvalue weighted by atomic mass is 9.98. The Labute approximate surface area is 185 Å². The highest BCUT2D eigenvalue weighted by molar-refractivity contribution is 7.89. The molecule has 2 heterocycles. The van der Waals surface area contributed by atoms with Crippen molar-refractivity contribution in [1.29, 1.82) is 0 Å². The van der Waals surface area contributed by atoms with Gasteiger partial charge in [-0.3, -0.25) is 4.79 Å². The van der Waals surface area contributed by atoms with Gasteiger partial charge in [-0.1, -0.05) is 24.1 Å². The van der Waals surface area contributed by atoms with E-state index in [1.165, 1.54) is 19.3 Å². The maximum Gasteiger partial charge on any atom is 0.240 e. The molecule has 2 saturated heterocycles. The summed E-state index contributed by atoms with van der Waals surface area (Å²) in [7, 11) is -3.71. The zero-order valence-electron chi connectivity index (χ0n) is 18.3. The summed E-state index contributed by atoms with van der Waals surface area (Å²) in [5.74, 6) is -0.0719. The number of hydrogen-bond donors (Lipinski definition) is 3. The Morgan fingerprint density at radius 2 is 1.87 bits per heavy atom. The minimum atomic E-state index is -3.71. The van der Waals surface area contributed by atoms with E-state index in [0.29, 0.717) is 19.4 Å². The van der Waals surface area contributed by atoms with E-state index in [0.717, 1.165) is 25.2 Å². The molecule has 0 unspecified atom stereocenters. The summed E-state index contributed by atoms with van der Waals surface area (Å²) in [5, 5.41) is 12.7. The molecule has 0 saturated carbocycles. The quantitative estimate of drug-likeness (QED) is 0.518. The second kappa shape index (κ2) is 11.4. The minimum Gasteiger partial charge on any atom is -0.394 e. The summed E-state index contributed by atoms with van der Waals surface area (Å²) in [6.07, 6.45) is 4.00. The molecule has 0 spiro atoms. The molecular weight excluding hydrogens is 418 g/mol. The molecule has 1 aromatic carbocycles. The molecule has 9 heteroatoms. The lowest BCUT2D eigenvalue weighted by Gasteiger charge is -2.35. The molecule has 8 nitrogen and oxygen atoms in total. The molecule has 2 aliphatic heterocycles. The SMILES string of the molecule is Cc1ccc(S(=O)(=O)N[C@@H]2CC[C@H](CC(=O)NCCN3CCCCC3)O[C@H]2CO)cc1. The Hall–Kier alpha value is -1.52. The number of ether oxygens (including phenoxy) is 1. The van der Waals surface area contributed by atoms with Gasteiger partial charge in [-0.05, 0) is 57.8 Å². The molecule has 174 valence electrons. The Balaban J connectivity index is 1.45. The van der Waals surface area contributed by atoms with E-state index in [4.69, 9.17) is 4.74 Å². The van der Waals surface area contributed by atoms with Crippen LogP contribution in [0.3, 0.4) is 0 Å². The molecule has 2 aliphatic rings. The third kappa shape index (κ3) is 7.25. The Bertz CT molecular complexity index is 809. The smallest absolute Gasteiger partial charge is 0.240 e. The Morgan fingerprint density at radius 3 is 2.55 bits per heavy atom. The number of carbonyl (C=O) groups excluding carboxylic acids is 1. The average Bonchev–Trinajstić information content (AvgIpc) is 2.75. The monoisotopic (exact) mass is 453 g/mol. The van der Waals surface area contributed by atoms with E-state index in [9.17, 15) is 18.3 Å². The van der Waals surface area contributed by atoms with Crippen molar-refractivity contribution in [2.24, 2.45) is 0 Å². The van der Waals surface area contributed by atoms with Crippen LogP contribution in [-0.4, -0.2) is 75.4 Å². The van der Waals surface area contributed by atoms with Gasteiger partial charge < -0.3 is 20.1 Å². The standard InChI is InChI=1S/C22H35N3O5S/c1-17-5-8-19(9-6-17)31(28,29)24-20-10-7-18(30-21(20)16-26)15-22(27)23-11-14-25-12-3-2-4-13-25/h5-6,8-9,18,20-21,24,26H,2-4,7,10-16H2,1H3,(H,23,27)/t18-,20-,21+/m1/s1. The van der Waals surface area contributed by atoms with E-state index in [-0.39, 0.29) is 29.9 Å². The molecule has 1 amide bonds. The first-order chi connectivity index (χ1) is 14.9. The molecule has 3 rings (SSSR count). The van der Waals surface area contributed by atoms with Crippen molar-refractivity contribution in [3.05, 3.63) is 29.8 Å². The van der Waals surface area contributed by atoms with Crippen molar-refractivity contribution in [2.45, 2.75) is 68.6 Å². The summed E-state index contributed by atoms with van der Waals surface area (Å²) in [5.41, 5.74) is 0.977. The van der Waals surface area contributed by atoms with Gasteiger partial charge in [-0.2, -0.15) is 0 Å². The maximum absolute atomic E-state index is 12.7. The highest BCUT2D eigenvalue weighted by Gasteiger charge is 2.34. The number of aliphatic hydroxyl groups is 1. The van der Waals surface area contributed by atoms with Gasteiger partial charge in [-0.15, -0.1) is 0 Å². The average molecular weight is 454 g/mol. The fraction of sp³-hybridized carbons (Fsp3) is 0.682. The molecule has 2 fully saturated rings. The first kappa shape index (κ1) is 24.1. The summed E-state index contributed by atoms with van der Waals surface area (Å²) in [6, 6.07) is 6.08. The maximum atomic E-state index is 12.7.